The number of nitrogens with one attached hydrogen (secondary N) is 1. The Kier molecular flexibility index (Phi) is 5.40. The second kappa shape index (κ2) is 7.06. The van der Waals surface area contributed by atoms with E-state index in [1.54, 1.807) is 11.3 Å². The highest BCUT2D eigenvalue weighted by atomic mass is 32.1. The second-order valence-electron chi connectivity index (χ2n) is 5.65. The quantitative estimate of drug-likeness (QED) is 0.833. The molecule has 2 rings (SSSR count). The Morgan fingerprint density at radius 2 is 2.26 bits per heavy atom. The largest absolute Gasteiger partial charge is 0.353 e. The minimum atomic E-state index is 0.00687. The molecular formula is C15H24N2OS. The predicted octanol–water partition coefficient (Wildman–Crippen LogP) is 2.70. The van der Waals surface area contributed by atoms with Crippen LogP contribution in [0.25, 0.3) is 0 Å². The van der Waals surface area contributed by atoms with Gasteiger partial charge < -0.3 is 11.1 Å². The molecule has 3 nitrogen and oxygen atoms in total. The zero-order chi connectivity index (χ0) is 13.7. The highest BCUT2D eigenvalue weighted by Crippen LogP contribution is 2.22. The van der Waals surface area contributed by atoms with E-state index in [4.69, 9.17) is 5.73 Å². The third-order valence-corrected chi connectivity index (χ3v) is 4.65. The lowest BCUT2D eigenvalue weighted by atomic mass is 9.94. The van der Waals surface area contributed by atoms with E-state index >= 15 is 0 Å². The first kappa shape index (κ1) is 14.5. The van der Waals surface area contributed by atoms with Gasteiger partial charge in [0.2, 0.25) is 5.91 Å². The van der Waals surface area contributed by atoms with E-state index in [1.165, 1.54) is 12.0 Å². The molecule has 0 saturated heterocycles. The van der Waals surface area contributed by atoms with Crippen molar-refractivity contribution >= 4 is 17.2 Å². The van der Waals surface area contributed by atoms with E-state index in [0.717, 1.165) is 32.1 Å². The van der Waals surface area contributed by atoms with Crippen molar-refractivity contribution in [1.82, 2.24) is 5.32 Å². The average molecular weight is 280 g/mol. The summed E-state index contributed by atoms with van der Waals surface area (Å²) in [5, 5.41) is 7.35. The number of rotatable bonds is 4. The van der Waals surface area contributed by atoms with Gasteiger partial charge in [-0.25, -0.2) is 0 Å². The smallest absolute Gasteiger partial charge is 0.224 e. The molecule has 1 heterocycles. The molecule has 1 amide bonds. The topological polar surface area (TPSA) is 55.1 Å². The molecule has 1 aliphatic carbocycles. The highest BCUT2D eigenvalue weighted by Gasteiger charge is 2.27. The van der Waals surface area contributed by atoms with Crippen molar-refractivity contribution in [3.05, 3.63) is 22.4 Å². The lowest BCUT2D eigenvalue weighted by Crippen LogP contribution is -2.44. The molecular weight excluding hydrogens is 256 g/mol. The lowest BCUT2D eigenvalue weighted by molar-refractivity contribution is -0.126. The van der Waals surface area contributed by atoms with Crippen LogP contribution in [0, 0.1) is 5.92 Å². The summed E-state index contributed by atoms with van der Waals surface area (Å²) < 4.78 is 0. The number of thiophene rings is 1. The molecule has 19 heavy (non-hydrogen) atoms. The van der Waals surface area contributed by atoms with Crippen molar-refractivity contribution in [2.75, 3.05) is 0 Å². The van der Waals surface area contributed by atoms with Crippen molar-refractivity contribution in [3.63, 3.8) is 0 Å². The minimum absolute atomic E-state index is 0.00687. The van der Waals surface area contributed by atoms with E-state index in [0.29, 0.717) is 0 Å². The normalized spacial score (nSPS) is 25.6. The van der Waals surface area contributed by atoms with Gasteiger partial charge in [-0.05, 0) is 48.6 Å². The lowest BCUT2D eigenvalue weighted by Gasteiger charge is -2.23. The monoisotopic (exact) mass is 280 g/mol. The molecule has 3 unspecified atom stereocenters. The maximum Gasteiger partial charge on any atom is 0.224 e. The summed E-state index contributed by atoms with van der Waals surface area (Å²) in [7, 11) is 0. The van der Waals surface area contributed by atoms with Crippen molar-refractivity contribution in [2.24, 2.45) is 11.7 Å². The summed E-state index contributed by atoms with van der Waals surface area (Å²) in [6, 6.07) is 2.33. The van der Waals surface area contributed by atoms with Crippen LogP contribution in [0.2, 0.25) is 0 Å². The Hall–Kier alpha value is -0.870. The molecule has 0 aliphatic heterocycles. The first-order valence-electron chi connectivity index (χ1n) is 7.24. The molecule has 3 N–H and O–H groups in total. The van der Waals surface area contributed by atoms with Crippen LogP contribution in [-0.2, 0) is 11.2 Å². The predicted molar refractivity (Wildman–Crippen MR) is 80.2 cm³/mol. The zero-order valence-electron chi connectivity index (χ0n) is 11.6. The third-order valence-electron chi connectivity index (χ3n) is 3.92. The van der Waals surface area contributed by atoms with Gasteiger partial charge in [-0.2, -0.15) is 11.3 Å². The number of carbonyl (C=O) groups is 1. The Labute approximate surface area is 119 Å². The van der Waals surface area contributed by atoms with Crippen molar-refractivity contribution in [3.8, 4) is 0 Å². The zero-order valence-corrected chi connectivity index (χ0v) is 12.4. The molecule has 0 spiro atoms. The fourth-order valence-corrected chi connectivity index (χ4v) is 3.51. The number of amides is 1. The van der Waals surface area contributed by atoms with Crippen molar-refractivity contribution in [2.45, 2.75) is 57.5 Å². The maximum absolute atomic E-state index is 12.3. The van der Waals surface area contributed by atoms with Gasteiger partial charge in [0.15, 0.2) is 0 Å². The fourth-order valence-electron chi connectivity index (χ4n) is 2.83. The Morgan fingerprint density at radius 3 is 3.00 bits per heavy atom. The third kappa shape index (κ3) is 4.32. The van der Waals surface area contributed by atoms with Gasteiger partial charge in [0.1, 0.15) is 0 Å². The van der Waals surface area contributed by atoms with Crippen LogP contribution in [0.4, 0.5) is 0 Å². The van der Waals surface area contributed by atoms with Crippen LogP contribution < -0.4 is 11.1 Å². The first-order valence-corrected chi connectivity index (χ1v) is 8.18. The van der Waals surface area contributed by atoms with Gasteiger partial charge in [0.25, 0.3) is 0 Å². The van der Waals surface area contributed by atoms with Gasteiger partial charge in [0.05, 0.1) is 5.92 Å². The van der Waals surface area contributed by atoms with Crippen LogP contribution in [0.3, 0.4) is 0 Å². The summed E-state index contributed by atoms with van der Waals surface area (Å²) in [4.78, 5) is 12.3. The summed E-state index contributed by atoms with van der Waals surface area (Å²) in [6.45, 7) is 2.07. The molecule has 106 valence electrons. The maximum atomic E-state index is 12.3. The highest BCUT2D eigenvalue weighted by molar-refractivity contribution is 7.07. The Morgan fingerprint density at radius 1 is 1.47 bits per heavy atom. The minimum Gasteiger partial charge on any atom is -0.353 e. The number of nitrogens with two attached hydrogens (primary N) is 1. The molecule has 1 aromatic heterocycles. The molecule has 3 atom stereocenters. The second-order valence-corrected chi connectivity index (χ2v) is 6.43. The Bertz CT molecular complexity index is 391. The van der Waals surface area contributed by atoms with Crippen LogP contribution in [0.15, 0.2) is 16.8 Å². The molecule has 1 saturated carbocycles. The van der Waals surface area contributed by atoms with Crippen LogP contribution >= 0.6 is 11.3 Å². The molecule has 0 bridgehead atoms. The molecule has 4 heteroatoms. The van der Waals surface area contributed by atoms with Crippen molar-refractivity contribution in [1.29, 1.82) is 0 Å². The van der Waals surface area contributed by atoms with E-state index in [2.05, 4.69) is 29.1 Å². The summed E-state index contributed by atoms with van der Waals surface area (Å²) in [5.41, 5.74) is 7.43. The number of carbonyl (C=O) groups excluding carboxylic acids is 1. The number of hydrogen-bond acceptors (Lipinski definition) is 3. The summed E-state index contributed by atoms with van der Waals surface area (Å²) in [6.07, 6.45) is 6.33. The van der Waals surface area contributed by atoms with Crippen LogP contribution in [0.5, 0.6) is 0 Å². The summed E-state index contributed by atoms with van der Waals surface area (Å²) in [5.74, 6) is 0.157. The fraction of sp³-hybridized carbons (Fsp3) is 0.667. The van der Waals surface area contributed by atoms with E-state index < -0.39 is 0 Å². The first-order chi connectivity index (χ1) is 9.16. The van der Waals surface area contributed by atoms with Crippen LogP contribution in [0.1, 0.15) is 44.6 Å². The summed E-state index contributed by atoms with van der Waals surface area (Å²) >= 11 is 1.70. The molecule has 1 aliphatic rings. The van der Waals surface area contributed by atoms with Crippen LogP contribution in [-0.4, -0.2) is 18.0 Å². The van der Waals surface area contributed by atoms with Crippen molar-refractivity contribution < 1.29 is 4.79 Å². The van der Waals surface area contributed by atoms with E-state index in [1.807, 2.05) is 0 Å². The SMILES string of the molecule is CC(Cc1ccsc1)NC(=O)C1CCCCCC1N. The Balaban J connectivity index is 1.85. The standard InChI is InChI=1S/C15H24N2OS/c1-11(9-12-7-8-19-10-12)17-15(18)13-5-3-2-4-6-14(13)16/h7-8,10-11,13-14H,2-6,9,16H2,1H3,(H,17,18). The van der Waals surface area contributed by atoms with Gasteiger partial charge in [-0.1, -0.05) is 19.3 Å². The van der Waals surface area contributed by atoms with Gasteiger partial charge in [-0.15, -0.1) is 0 Å². The molecule has 0 aromatic carbocycles. The molecule has 1 aromatic rings. The van der Waals surface area contributed by atoms with Gasteiger partial charge >= 0.3 is 0 Å². The molecule has 1 fully saturated rings. The van der Waals surface area contributed by atoms with E-state index in [-0.39, 0.29) is 23.9 Å². The van der Waals surface area contributed by atoms with Gasteiger partial charge in [0, 0.05) is 12.1 Å². The molecule has 0 radical (unpaired) electrons. The van der Waals surface area contributed by atoms with E-state index in [9.17, 15) is 4.79 Å². The van der Waals surface area contributed by atoms with Gasteiger partial charge in [-0.3, -0.25) is 4.79 Å². The average Bonchev–Trinajstić information content (AvgIpc) is 2.76. The number of hydrogen-bond donors (Lipinski definition) is 2.